The van der Waals surface area contributed by atoms with Gasteiger partial charge >= 0.3 is 0 Å². The number of fused-ring (bicyclic) bond motifs is 2. The lowest BCUT2D eigenvalue weighted by Crippen LogP contribution is -2.29. The molecule has 0 aliphatic carbocycles. The molecule has 0 bridgehead atoms. The minimum atomic E-state index is -0.589. The maximum absolute atomic E-state index is 13.8. The zero-order chi connectivity index (χ0) is 22.4. The SMILES string of the molecule is COc1cccc(C2c3c(oc4cc(C)cc(C)c4c3=O)C(=O)N2Cc2cccnc2)c1. The van der Waals surface area contributed by atoms with Crippen LogP contribution in [0.25, 0.3) is 11.0 Å². The molecule has 0 fully saturated rings. The van der Waals surface area contributed by atoms with Gasteiger partial charge in [0.25, 0.3) is 5.91 Å². The highest BCUT2D eigenvalue weighted by Crippen LogP contribution is 2.40. The van der Waals surface area contributed by atoms with E-state index in [4.69, 9.17) is 9.15 Å². The first-order valence-electron chi connectivity index (χ1n) is 10.4. The van der Waals surface area contributed by atoms with Crippen LogP contribution in [0.15, 0.2) is 70.1 Å². The number of aryl methyl sites for hydroxylation is 2. The highest BCUT2D eigenvalue weighted by molar-refractivity contribution is 5.99. The smallest absolute Gasteiger partial charge is 0.291 e. The molecule has 6 nitrogen and oxygen atoms in total. The molecule has 1 amide bonds. The second kappa shape index (κ2) is 7.64. The lowest BCUT2D eigenvalue weighted by molar-refractivity contribution is 0.0714. The van der Waals surface area contributed by atoms with Crippen molar-refractivity contribution in [3.8, 4) is 5.75 Å². The molecule has 2 aromatic heterocycles. The maximum atomic E-state index is 13.8. The summed E-state index contributed by atoms with van der Waals surface area (Å²) in [7, 11) is 1.59. The first-order chi connectivity index (χ1) is 15.5. The number of aromatic nitrogens is 1. The standard InChI is InChI=1S/C26H22N2O4/c1-15-10-16(2)21-20(11-15)32-25-22(24(21)29)23(18-7-4-8-19(12-18)31-3)28(26(25)30)14-17-6-5-9-27-13-17/h4-13,23H,14H2,1-3H3. The van der Waals surface area contributed by atoms with E-state index in [0.29, 0.717) is 28.8 Å². The van der Waals surface area contributed by atoms with Crippen molar-refractivity contribution in [2.45, 2.75) is 26.4 Å². The Labute approximate surface area is 185 Å². The van der Waals surface area contributed by atoms with E-state index >= 15 is 0 Å². The van der Waals surface area contributed by atoms with Crippen molar-refractivity contribution in [3.05, 3.63) is 105 Å². The first kappa shape index (κ1) is 20.0. The largest absolute Gasteiger partial charge is 0.497 e. The van der Waals surface area contributed by atoms with Crippen molar-refractivity contribution in [2.75, 3.05) is 7.11 Å². The minimum absolute atomic E-state index is 0.101. The molecular weight excluding hydrogens is 404 g/mol. The number of pyridine rings is 1. The summed E-state index contributed by atoms with van der Waals surface area (Å²) in [5.74, 6) is 0.445. The number of hydrogen-bond donors (Lipinski definition) is 0. The normalized spacial score (nSPS) is 15.3. The van der Waals surface area contributed by atoms with Crippen molar-refractivity contribution in [1.29, 1.82) is 0 Å². The van der Waals surface area contributed by atoms with Crippen LogP contribution in [0.3, 0.4) is 0 Å². The summed E-state index contributed by atoms with van der Waals surface area (Å²) in [4.78, 5) is 33.1. The molecule has 160 valence electrons. The monoisotopic (exact) mass is 426 g/mol. The molecule has 0 radical (unpaired) electrons. The van der Waals surface area contributed by atoms with Crippen molar-refractivity contribution >= 4 is 16.9 Å². The van der Waals surface area contributed by atoms with Gasteiger partial charge in [0, 0.05) is 18.9 Å². The molecule has 0 N–H and O–H groups in total. The fraction of sp³-hybridized carbons (Fsp3) is 0.192. The molecule has 6 heteroatoms. The number of nitrogens with zero attached hydrogens (tertiary/aromatic N) is 2. The Bertz CT molecular complexity index is 1410. The Hall–Kier alpha value is -3.93. The van der Waals surface area contributed by atoms with Crippen LogP contribution in [0, 0.1) is 13.8 Å². The van der Waals surface area contributed by atoms with Gasteiger partial charge in [0.2, 0.25) is 5.76 Å². The van der Waals surface area contributed by atoms with Crippen LogP contribution in [-0.4, -0.2) is 22.9 Å². The first-order valence-corrected chi connectivity index (χ1v) is 10.4. The molecule has 32 heavy (non-hydrogen) atoms. The van der Waals surface area contributed by atoms with E-state index in [1.165, 1.54) is 0 Å². The molecule has 4 aromatic rings. The molecule has 3 heterocycles. The Morgan fingerprint density at radius 3 is 2.69 bits per heavy atom. The number of amides is 1. The summed E-state index contributed by atoms with van der Waals surface area (Å²) in [5, 5.41) is 0.512. The van der Waals surface area contributed by atoms with E-state index in [1.807, 2.05) is 62.4 Å². The van der Waals surface area contributed by atoms with Crippen LogP contribution in [0.2, 0.25) is 0 Å². The highest BCUT2D eigenvalue weighted by Gasteiger charge is 2.43. The molecule has 1 atom stereocenters. The number of benzene rings is 2. The zero-order valence-electron chi connectivity index (χ0n) is 18.1. The molecule has 0 saturated carbocycles. The summed E-state index contributed by atoms with van der Waals surface area (Å²) in [5.41, 5.74) is 4.09. The van der Waals surface area contributed by atoms with E-state index in [0.717, 1.165) is 22.3 Å². The Morgan fingerprint density at radius 1 is 1.09 bits per heavy atom. The average Bonchev–Trinajstić information content (AvgIpc) is 3.06. The van der Waals surface area contributed by atoms with Crippen molar-refractivity contribution in [3.63, 3.8) is 0 Å². The van der Waals surface area contributed by atoms with Crippen LogP contribution < -0.4 is 10.2 Å². The highest BCUT2D eigenvalue weighted by atomic mass is 16.5. The summed E-state index contributed by atoms with van der Waals surface area (Å²) in [6.45, 7) is 4.13. The lowest BCUT2D eigenvalue weighted by atomic mass is 9.96. The van der Waals surface area contributed by atoms with Gasteiger partial charge in [-0.1, -0.05) is 24.3 Å². The number of rotatable bonds is 4. The van der Waals surface area contributed by atoms with Gasteiger partial charge in [0.1, 0.15) is 11.3 Å². The van der Waals surface area contributed by atoms with Gasteiger partial charge in [-0.25, -0.2) is 0 Å². The molecule has 5 rings (SSSR count). The second-order valence-electron chi connectivity index (χ2n) is 8.10. The molecule has 1 aliphatic rings. The van der Waals surface area contributed by atoms with Gasteiger partial charge in [0.15, 0.2) is 5.43 Å². The van der Waals surface area contributed by atoms with Gasteiger partial charge in [-0.05, 0) is 60.4 Å². The van der Waals surface area contributed by atoms with E-state index in [2.05, 4.69) is 4.98 Å². The fourth-order valence-corrected chi connectivity index (χ4v) is 4.52. The summed E-state index contributed by atoms with van der Waals surface area (Å²) < 4.78 is 11.5. The predicted octanol–water partition coefficient (Wildman–Crippen LogP) is 4.56. The molecule has 1 aliphatic heterocycles. The Balaban J connectivity index is 1.77. The van der Waals surface area contributed by atoms with Crippen molar-refractivity contribution < 1.29 is 13.9 Å². The van der Waals surface area contributed by atoms with Crippen molar-refractivity contribution in [2.24, 2.45) is 0 Å². The quantitative estimate of drug-likeness (QED) is 0.478. The predicted molar refractivity (Wildman–Crippen MR) is 121 cm³/mol. The van der Waals surface area contributed by atoms with Crippen LogP contribution in [0.5, 0.6) is 5.75 Å². The zero-order valence-corrected chi connectivity index (χ0v) is 18.1. The lowest BCUT2D eigenvalue weighted by Gasteiger charge is -2.25. The van der Waals surface area contributed by atoms with E-state index < -0.39 is 6.04 Å². The molecule has 2 aromatic carbocycles. The third-order valence-electron chi connectivity index (χ3n) is 5.90. The van der Waals surface area contributed by atoms with Crippen LogP contribution in [-0.2, 0) is 6.54 Å². The summed E-state index contributed by atoms with van der Waals surface area (Å²) >= 11 is 0. The van der Waals surface area contributed by atoms with Gasteiger partial charge in [-0.3, -0.25) is 14.6 Å². The number of carbonyl (C=O) groups excluding carboxylic acids is 1. The molecular formula is C26H22N2O4. The topological polar surface area (TPSA) is 72.6 Å². The number of methoxy groups -OCH3 is 1. The van der Waals surface area contributed by atoms with E-state index in [1.54, 1.807) is 24.4 Å². The van der Waals surface area contributed by atoms with Crippen molar-refractivity contribution in [1.82, 2.24) is 9.88 Å². The average molecular weight is 426 g/mol. The number of ether oxygens (including phenoxy) is 1. The van der Waals surface area contributed by atoms with Crippen LogP contribution in [0.1, 0.15) is 44.4 Å². The van der Waals surface area contributed by atoms with Crippen LogP contribution in [0.4, 0.5) is 0 Å². The van der Waals surface area contributed by atoms with E-state index in [-0.39, 0.29) is 17.1 Å². The van der Waals surface area contributed by atoms with Gasteiger partial charge < -0.3 is 14.1 Å². The summed E-state index contributed by atoms with van der Waals surface area (Å²) in [6.07, 6.45) is 3.41. The van der Waals surface area contributed by atoms with Gasteiger partial charge in [0.05, 0.1) is 24.1 Å². The van der Waals surface area contributed by atoms with Gasteiger partial charge in [-0.2, -0.15) is 0 Å². The maximum Gasteiger partial charge on any atom is 0.291 e. The third kappa shape index (κ3) is 3.15. The Kier molecular flexibility index (Phi) is 4.78. The van der Waals surface area contributed by atoms with E-state index in [9.17, 15) is 9.59 Å². The molecule has 1 unspecified atom stereocenters. The number of carbonyl (C=O) groups is 1. The molecule has 0 saturated heterocycles. The summed E-state index contributed by atoms with van der Waals surface area (Å²) in [6, 6.07) is 14.4. The number of hydrogen-bond acceptors (Lipinski definition) is 5. The fourth-order valence-electron chi connectivity index (χ4n) is 4.52. The van der Waals surface area contributed by atoms with Crippen LogP contribution >= 0.6 is 0 Å². The minimum Gasteiger partial charge on any atom is -0.497 e. The molecule has 0 spiro atoms. The second-order valence-corrected chi connectivity index (χ2v) is 8.10. The third-order valence-corrected chi connectivity index (χ3v) is 5.90. The Morgan fingerprint density at radius 2 is 1.94 bits per heavy atom. The van der Waals surface area contributed by atoms with Gasteiger partial charge in [-0.15, -0.1) is 0 Å².